The van der Waals surface area contributed by atoms with Gasteiger partial charge in [0.1, 0.15) is 0 Å². The van der Waals surface area contributed by atoms with E-state index in [1.165, 1.54) is 5.56 Å². The van der Waals surface area contributed by atoms with Gasteiger partial charge in [-0.3, -0.25) is 0 Å². The van der Waals surface area contributed by atoms with Crippen molar-refractivity contribution < 1.29 is 0 Å². The lowest BCUT2D eigenvalue weighted by molar-refractivity contribution is 0.450. The van der Waals surface area contributed by atoms with E-state index in [0.717, 1.165) is 25.2 Å². The minimum atomic E-state index is 0. The Bertz CT molecular complexity index is 523. The second-order valence-corrected chi connectivity index (χ2v) is 4.48. The van der Waals surface area contributed by atoms with Crippen LogP contribution in [0.5, 0.6) is 0 Å². The maximum atomic E-state index is 5.91. The fourth-order valence-electron chi connectivity index (χ4n) is 1.81. The Labute approximate surface area is 137 Å². The summed E-state index contributed by atoms with van der Waals surface area (Å²) in [6, 6.07) is 7.76. The number of aryl methyl sites for hydroxylation is 1. The minimum absolute atomic E-state index is 0. The van der Waals surface area contributed by atoms with Crippen molar-refractivity contribution in [3.05, 3.63) is 42.0 Å². The molecule has 0 saturated heterocycles. The second kappa shape index (κ2) is 9.26. The normalized spacial score (nSPS) is 15.2. The van der Waals surface area contributed by atoms with Crippen molar-refractivity contribution in [2.24, 2.45) is 21.5 Å². The molecule has 5 nitrogen and oxygen atoms in total. The highest BCUT2D eigenvalue weighted by Crippen LogP contribution is 2.12. The first-order chi connectivity index (χ1) is 9.15. The third kappa shape index (κ3) is 6.06. The summed E-state index contributed by atoms with van der Waals surface area (Å²) in [6.45, 7) is 3.66. The monoisotopic (exact) mass is 329 g/mol. The molecule has 0 radical (unpaired) electrons. The molecule has 0 atom stereocenters. The van der Waals surface area contributed by atoms with Crippen LogP contribution in [0.15, 0.2) is 46.4 Å². The third-order valence-electron chi connectivity index (χ3n) is 2.89. The van der Waals surface area contributed by atoms with E-state index in [1.807, 2.05) is 36.1 Å². The molecule has 1 aliphatic heterocycles. The number of nitrogens with zero attached hydrogens (tertiary/aromatic N) is 3. The van der Waals surface area contributed by atoms with Gasteiger partial charge in [-0.1, -0.05) is 29.8 Å². The number of aliphatic imine (C=N–C) groups is 2. The lowest BCUT2D eigenvalue weighted by Gasteiger charge is -2.23. The summed E-state index contributed by atoms with van der Waals surface area (Å²) in [6.07, 6.45) is 5.18. The molecule has 0 saturated carbocycles. The van der Waals surface area contributed by atoms with E-state index >= 15 is 0 Å². The van der Waals surface area contributed by atoms with Gasteiger partial charge in [-0.25, -0.2) is 4.99 Å². The van der Waals surface area contributed by atoms with Crippen LogP contribution in [-0.4, -0.2) is 29.9 Å². The molecule has 0 amide bonds. The zero-order valence-electron chi connectivity index (χ0n) is 11.9. The molecule has 0 aliphatic carbocycles. The topological polar surface area (TPSA) is 80.0 Å². The summed E-state index contributed by atoms with van der Waals surface area (Å²) < 4.78 is 0. The van der Waals surface area contributed by atoms with Crippen LogP contribution >= 0.6 is 24.8 Å². The van der Waals surface area contributed by atoms with Crippen LogP contribution in [0.3, 0.4) is 0 Å². The lowest BCUT2D eigenvalue weighted by Crippen LogP contribution is -2.40. The molecule has 0 spiro atoms. The Hall–Kier alpha value is -1.72. The van der Waals surface area contributed by atoms with Gasteiger partial charge in [-0.15, -0.1) is 24.8 Å². The van der Waals surface area contributed by atoms with Crippen molar-refractivity contribution >= 4 is 42.4 Å². The van der Waals surface area contributed by atoms with Gasteiger partial charge >= 0.3 is 0 Å². The van der Waals surface area contributed by atoms with E-state index in [9.17, 15) is 0 Å². The summed E-state index contributed by atoms with van der Waals surface area (Å²) in [5.74, 6) is 0.591. The van der Waals surface area contributed by atoms with E-state index in [-0.39, 0.29) is 30.8 Å². The van der Waals surface area contributed by atoms with Gasteiger partial charge in [-0.2, -0.15) is 4.99 Å². The average Bonchev–Trinajstić information content (AvgIpc) is 2.42. The Morgan fingerprint density at radius 1 is 1.10 bits per heavy atom. The minimum Gasteiger partial charge on any atom is -0.369 e. The molecule has 1 aromatic carbocycles. The van der Waals surface area contributed by atoms with Crippen molar-refractivity contribution in [3.63, 3.8) is 0 Å². The Balaban J connectivity index is 0.00000200. The molecule has 4 N–H and O–H groups in total. The second-order valence-electron chi connectivity index (χ2n) is 4.48. The Morgan fingerprint density at radius 3 is 2.33 bits per heavy atom. The van der Waals surface area contributed by atoms with E-state index < -0.39 is 0 Å². The molecular weight excluding hydrogens is 309 g/mol. The number of hydrogen-bond acceptors (Lipinski definition) is 1. The van der Waals surface area contributed by atoms with Gasteiger partial charge in [0.25, 0.3) is 0 Å². The number of benzene rings is 1. The zero-order valence-corrected chi connectivity index (χ0v) is 13.5. The Kier molecular flexibility index (Phi) is 8.50. The fraction of sp³-hybridized carbons (Fsp3) is 0.286. The van der Waals surface area contributed by atoms with Crippen molar-refractivity contribution in [2.75, 3.05) is 13.1 Å². The summed E-state index contributed by atoms with van der Waals surface area (Å²) in [5.41, 5.74) is 13.7. The molecule has 0 fully saturated rings. The number of nitrogens with two attached hydrogens (primary N) is 2. The zero-order chi connectivity index (χ0) is 13.7. The predicted molar refractivity (Wildman–Crippen MR) is 93.9 cm³/mol. The first-order valence-corrected chi connectivity index (χ1v) is 6.30. The van der Waals surface area contributed by atoms with Crippen LogP contribution in [0.4, 0.5) is 5.69 Å². The summed E-state index contributed by atoms with van der Waals surface area (Å²) in [4.78, 5) is 10.3. The third-order valence-corrected chi connectivity index (χ3v) is 2.89. The molecule has 0 bridgehead atoms. The van der Waals surface area contributed by atoms with Gasteiger partial charge in [0, 0.05) is 13.1 Å². The largest absolute Gasteiger partial charge is 0.369 e. The SMILES string of the molecule is Cc1ccc(N=C(N)/N=C(/N)N2CC=CCC2)cc1.Cl.Cl. The molecule has 1 aliphatic rings. The van der Waals surface area contributed by atoms with Gasteiger partial charge < -0.3 is 16.4 Å². The van der Waals surface area contributed by atoms with Crippen LogP contribution in [0.2, 0.25) is 0 Å². The Morgan fingerprint density at radius 2 is 1.76 bits per heavy atom. The molecule has 2 rings (SSSR count). The number of guanidine groups is 2. The van der Waals surface area contributed by atoms with Crippen LogP contribution < -0.4 is 11.5 Å². The number of rotatable bonds is 1. The fourth-order valence-corrected chi connectivity index (χ4v) is 1.81. The highest BCUT2D eigenvalue weighted by atomic mass is 35.5. The van der Waals surface area contributed by atoms with Crippen molar-refractivity contribution in [1.29, 1.82) is 0 Å². The predicted octanol–water partition coefficient (Wildman–Crippen LogP) is 2.36. The average molecular weight is 330 g/mol. The molecule has 0 aromatic heterocycles. The van der Waals surface area contributed by atoms with Gasteiger partial charge in [-0.05, 0) is 25.5 Å². The highest BCUT2D eigenvalue weighted by Gasteiger charge is 2.08. The summed E-state index contributed by atoms with van der Waals surface area (Å²) in [5, 5.41) is 0. The van der Waals surface area contributed by atoms with Crippen LogP contribution in [0.25, 0.3) is 0 Å². The molecule has 116 valence electrons. The molecule has 1 heterocycles. The van der Waals surface area contributed by atoms with Gasteiger partial charge in [0.05, 0.1) is 5.69 Å². The molecule has 7 heteroatoms. The molecule has 0 unspecified atom stereocenters. The van der Waals surface area contributed by atoms with Gasteiger partial charge in [0.2, 0.25) is 5.96 Å². The maximum Gasteiger partial charge on any atom is 0.223 e. The van der Waals surface area contributed by atoms with Crippen LogP contribution in [-0.2, 0) is 0 Å². The van der Waals surface area contributed by atoms with E-state index in [1.54, 1.807) is 0 Å². The first kappa shape index (κ1) is 19.3. The van der Waals surface area contributed by atoms with Crippen molar-refractivity contribution in [1.82, 2.24) is 4.90 Å². The van der Waals surface area contributed by atoms with E-state index in [0.29, 0.717) is 5.96 Å². The lowest BCUT2D eigenvalue weighted by atomic mass is 10.2. The molecular formula is C14H21Cl2N5. The molecule has 21 heavy (non-hydrogen) atoms. The van der Waals surface area contributed by atoms with Crippen molar-refractivity contribution in [2.45, 2.75) is 13.3 Å². The van der Waals surface area contributed by atoms with Crippen LogP contribution in [0.1, 0.15) is 12.0 Å². The van der Waals surface area contributed by atoms with Crippen LogP contribution in [0, 0.1) is 6.92 Å². The highest BCUT2D eigenvalue weighted by molar-refractivity contribution is 5.94. The number of halogens is 2. The number of hydrogen-bond donors (Lipinski definition) is 2. The standard InChI is InChI=1S/C14H19N5.2ClH/c1-11-5-7-12(8-6-11)17-13(15)18-14(16)19-9-3-2-4-10-19;;/h2-3,5-8H,4,9-10H2,1H3,(H4,15,16,17,18);2*1H. The smallest absolute Gasteiger partial charge is 0.223 e. The van der Waals surface area contributed by atoms with E-state index in [2.05, 4.69) is 22.1 Å². The summed E-state index contributed by atoms with van der Waals surface area (Å²) in [7, 11) is 0. The quantitative estimate of drug-likeness (QED) is 0.471. The molecule has 1 aromatic rings. The van der Waals surface area contributed by atoms with E-state index in [4.69, 9.17) is 11.5 Å². The first-order valence-electron chi connectivity index (χ1n) is 6.30. The van der Waals surface area contributed by atoms with Crippen molar-refractivity contribution in [3.8, 4) is 0 Å². The maximum absolute atomic E-state index is 5.91. The summed E-state index contributed by atoms with van der Waals surface area (Å²) >= 11 is 0. The van der Waals surface area contributed by atoms with Gasteiger partial charge in [0.15, 0.2) is 5.96 Å².